The molecule has 1 aromatic heterocycles. The van der Waals surface area contributed by atoms with Crippen LogP contribution in [0.2, 0.25) is 0 Å². The van der Waals surface area contributed by atoms with Crippen LogP contribution in [0.1, 0.15) is 25.8 Å². The molecule has 0 aliphatic heterocycles. The lowest BCUT2D eigenvalue weighted by molar-refractivity contribution is 0.677. The summed E-state index contributed by atoms with van der Waals surface area (Å²) in [5.74, 6) is 1.35. The molecule has 1 aliphatic rings. The van der Waals surface area contributed by atoms with Crippen LogP contribution in [0.5, 0.6) is 0 Å². The fraction of sp³-hybridized carbons (Fsp3) is 0.636. The van der Waals surface area contributed by atoms with E-state index in [-0.39, 0.29) is 5.56 Å². The number of aromatic nitrogens is 2. The van der Waals surface area contributed by atoms with Crippen molar-refractivity contribution in [3.05, 3.63) is 22.7 Å². The Hall–Kier alpha value is -1.03. The molecule has 4 nitrogen and oxygen atoms in total. The monoisotopic (exact) mass is 241 g/mol. The van der Waals surface area contributed by atoms with Gasteiger partial charge in [0.25, 0.3) is 5.56 Å². The molecule has 0 radical (unpaired) electrons. The van der Waals surface area contributed by atoms with Crippen LogP contribution in [-0.4, -0.2) is 22.0 Å². The summed E-state index contributed by atoms with van der Waals surface area (Å²) in [6, 6.07) is 0.390. The van der Waals surface area contributed by atoms with E-state index >= 15 is 0 Å². The van der Waals surface area contributed by atoms with Gasteiger partial charge in [-0.05, 0) is 18.8 Å². The quantitative estimate of drug-likeness (QED) is 0.801. The van der Waals surface area contributed by atoms with Gasteiger partial charge in [-0.15, -0.1) is 11.6 Å². The minimum Gasteiger partial charge on any atom is -0.365 e. The Bertz CT molecular complexity index is 414. The van der Waals surface area contributed by atoms with Crippen molar-refractivity contribution >= 4 is 17.4 Å². The zero-order chi connectivity index (χ0) is 11.5. The van der Waals surface area contributed by atoms with Crippen molar-refractivity contribution in [2.75, 3.05) is 17.7 Å². The van der Waals surface area contributed by atoms with Crippen molar-refractivity contribution in [2.45, 2.75) is 25.8 Å². The van der Waals surface area contributed by atoms with Crippen molar-refractivity contribution < 1.29 is 0 Å². The molecule has 2 rings (SSSR count). The van der Waals surface area contributed by atoms with Gasteiger partial charge < -0.3 is 9.88 Å². The molecule has 1 aromatic rings. The maximum absolute atomic E-state index is 12.0. The first kappa shape index (κ1) is 11.5. The SMILES string of the molecule is CC(CCl)CNc1nccn(C2CC2)c1=O. The highest BCUT2D eigenvalue weighted by Crippen LogP contribution is 2.33. The van der Waals surface area contributed by atoms with Crippen molar-refractivity contribution in [2.24, 2.45) is 5.92 Å². The van der Waals surface area contributed by atoms with Crippen molar-refractivity contribution in [1.82, 2.24) is 9.55 Å². The largest absolute Gasteiger partial charge is 0.365 e. The van der Waals surface area contributed by atoms with Crippen LogP contribution in [0.3, 0.4) is 0 Å². The van der Waals surface area contributed by atoms with E-state index in [1.54, 1.807) is 17.0 Å². The number of alkyl halides is 1. The summed E-state index contributed by atoms with van der Waals surface area (Å²) in [4.78, 5) is 16.0. The number of halogens is 1. The van der Waals surface area contributed by atoms with Gasteiger partial charge in [0.05, 0.1) is 0 Å². The summed E-state index contributed by atoms with van der Waals surface area (Å²) in [6.07, 6.45) is 5.63. The van der Waals surface area contributed by atoms with Crippen LogP contribution < -0.4 is 10.9 Å². The predicted molar refractivity (Wildman–Crippen MR) is 65.1 cm³/mol. The average molecular weight is 242 g/mol. The van der Waals surface area contributed by atoms with Crippen molar-refractivity contribution in [1.29, 1.82) is 0 Å². The fourth-order valence-corrected chi connectivity index (χ4v) is 1.62. The number of hydrogen-bond acceptors (Lipinski definition) is 3. The highest BCUT2D eigenvalue weighted by molar-refractivity contribution is 6.18. The second-order valence-corrected chi connectivity index (χ2v) is 4.67. The molecule has 1 aliphatic carbocycles. The molecule has 88 valence electrons. The molecule has 0 amide bonds. The molecule has 1 unspecified atom stereocenters. The molecule has 16 heavy (non-hydrogen) atoms. The molecular formula is C11H16ClN3O. The lowest BCUT2D eigenvalue weighted by Crippen LogP contribution is -2.25. The molecule has 1 saturated carbocycles. The van der Waals surface area contributed by atoms with E-state index in [4.69, 9.17) is 11.6 Å². The van der Waals surface area contributed by atoms with Crippen LogP contribution in [0, 0.1) is 5.92 Å². The van der Waals surface area contributed by atoms with Crippen LogP contribution in [0.15, 0.2) is 17.2 Å². The van der Waals surface area contributed by atoms with Crippen LogP contribution >= 0.6 is 11.6 Å². The van der Waals surface area contributed by atoms with Crippen LogP contribution in [0.4, 0.5) is 5.82 Å². The normalized spacial score (nSPS) is 17.1. The third-order valence-corrected chi connectivity index (χ3v) is 3.22. The Balaban J connectivity index is 2.09. The van der Waals surface area contributed by atoms with Gasteiger partial charge >= 0.3 is 0 Å². The zero-order valence-electron chi connectivity index (χ0n) is 9.32. The van der Waals surface area contributed by atoms with Gasteiger partial charge in [0.2, 0.25) is 0 Å². The van der Waals surface area contributed by atoms with Gasteiger partial charge in [0, 0.05) is 30.9 Å². The number of anilines is 1. The Morgan fingerprint density at radius 3 is 3.06 bits per heavy atom. The maximum Gasteiger partial charge on any atom is 0.293 e. The van der Waals surface area contributed by atoms with Gasteiger partial charge in [-0.1, -0.05) is 6.92 Å². The van der Waals surface area contributed by atoms with E-state index in [0.717, 1.165) is 12.8 Å². The van der Waals surface area contributed by atoms with Gasteiger partial charge in [-0.25, -0.2) is 4.98 Å². The molecule has 0 saturated heterocycles. The minimum absolute atomic E-state index is 0.0215. The summed E-state index contributed by atoms with van der Waals surface area (Å²) in [5.41, 5.74) is -0.0215. The Kier molecular flexibility index (Phi) is 3.49. The van der Waals surface area contributed by atoms with Gasteiger partial charge in [-0.3, -0.25) is 4.79 Å². The summed E-state index contributed by atoms with van der Waals surface area (Å²) in [6.45, 7) is 2.71. The fourth-order valence-electron chi connectivity index (χ4n) is 1.51. The van der Waals surface area contributed by atoms with Crippen LogP contribution in [-0.2, 0) is 0 Å². The highest BCUT2D eigenvalue weighted by atomic mass is 35.5. The van der Waals surface area contributed by atoms with E-state index in [9.17, 15) is 4.79 Å². The first-order chi connectivity index (χ1) is 7.72. The standard InChI is InChI=1S/C11H16ClN3O/c1-8(6-12)7-14-10-11(16)15(5-4-13-10)9-2-3-9/h4-5,8-9H,2-3,6-7H2,1H3,(H,13,14). The predicted octanol–water partition coefficient (Wildman–Crippen LogP) is 1.86. The Labute approximate surface area is 99.6 Å². The summed E-state index contributed by atoms with van der Waals surface area (Å²) in [7, 11) is 0. The number of hydrogen-bond donors (Lipinski definition) is 1. The summed E-state index contributed by atoms with van der Waals surface area (Å²) in [5, 5.41) is 3.06. The maximum atomic E-state index is 12.0. The molecule has 0 spiro atoms. The lowest BCUT2D eigenvalue weighted by Gasteiger charge is -2.10. The number of nitrogens with zero attached hydrogens (tertiary/aromatic N) is 2. The van der Waals surface area contributed by atoms with Gasteiger partial charge in [-0.2, -0.15) is 0 Å². The van der Waals surface area contributed by atoms with Crippen molar-refractivity contribution in [3.63, 3.8) is 0 Å². The van der Waals surface area contributed by atoms with E-state index in [1.165, 1.54) is 0 Å². The average Bonchev–Trinajstić information content (AvgIpc) is 3.11. The second-order valence-electron chi connectivity index (χ2n) is 4.36. The first-order valence-electron chi connectivity index (χ1n) is 5.59. The number of nitrogens with one attached hydrogen (secondary N) is 1. The molecule has 1 fully saturated rings. The first-order valence-corrected chi connectivity index (χ1v) is 6.12. The Morgan fingerprint density at radius 2 is 2.44 bits per heavy atom. The number of rotatable bonds is 5. The van der Waals surface area contributed by atoms with E-state index in [0.29, 0.717) is 30.2 Å². The van der Waals surface area contributed by atoms with Crippen molar-refractivity contribution in [3.8, 4) is 0 Å². The molecule has 1 N–H and O–H groups in total. The van der Waals surface area contributed by atoms with Gasteiger partial charge in [0.1, 0.15) is 0 Å². The smallest absolute Gasteiger partial charge is 0.293 e. The van der Waals surface area contributed by atoms with Gasteiger partial charge in [0.15, 0.2) is 5.82 Å². The zero-order valence-corrected chi connectivity index (χ0v) is 10.1. The molecular weight excluding hydrogens is 226 g/mol. The Morgan fingerprint density at radius 1 is 1.69 bits per heavy atom. The summed E-state index contributed by atoms with van der Waals surface area (Å²) >= 11 is 5.71. The van der Waals surface area contributed by atoms with Crippen LogP contribution in [0.25, 0.3) is 0 Å². The second kappa shape index (κ2) is 4.87. The molecule has 5 heteroatoms. The van der Waals surface area contributed by atoms with E-state index in [2.05, 4.69) is 10.3 Å². The molecule has 0 aromatic carbocycles. The molecule has 0 bridgehead atoms. The summed E-state index contributed by atoms with van der Waals surface area (Å²) < 4.78 is 1.76. The highest BCUT2D eigenvalue weighted by Gasteiger charge is 2.25. The molecule has 1 atom stereocenters. The lowest BCUT2D eigenvalue weighted by atomic mass is 10.2. The minimum atomic E-state index is -0.0215. The molecule has 1 heterocycles. The van der Waals surface area contributed by atoms with E-state index in [1.807, 2.05) is 6.92 Å². The van der Waals surface area contributed by atoms with E-state index < -0.39 is 0 Å². The third kappa shape index (κ3) is 2.55. The third-order valence-electron chi connectivity index (χ3n) is 2.69. The topological polar surface area (TPSA) is 46.9 Å².